The number of aryl methyl sites for hydroxylation is 2. The molecule has 0 radical (unpaired) electrons. The second-order valence-electron chi connectivity index (χ2n) is 5.26. The van der Waals surface area contributed by atoms with Crippen molar-refractivity contribution >= 4 is 5.78 Å². The molecular weight excluding hydrogens is 238 g/mol. The number of nitrogens with two attached hydrogens (primary N) is 1. The highest BCUT2D eigenvalue weighted by Crippen LogP contribution is 2.17. The molecule has 0 saturated carbocycles. The maximum absolute atomic E-state index is 11.9. The fourth-order valence-electron chi connectivity index (χ4n) is 2.46. The fraction of sp³-hybridized carbons (Fsp3) is 0.733. The molecule has 4 heteroatoms. The third kappa shape index (κ3) is 6.01. The number of carbonyl (C=O) groups excluding carboxylic acids is 1. The maximum atomic E-state index is 11.9. The molecule has 1 atom stereocenters. The van der Waals surface area contributed by atoms with Crippen molar-refractivity contribution in [1.29, 1.82) is 0 Å². The molecule has 1 heterocycles. The van der Waals surface area contributed by atoms with E-state index in [1.54, 1.807) is 6.20 Å². The van der Waals surface area contributed by atoms with Crippen molar-refractivity contribution < 1.29 is 4.79 Å². The van der Waals surface area contributed by atoms with Gasteiger partial charge in [-0.25, -0.2) is 4.98 Å². The number of hydrogen-bond acceptors (Lipinski definition) is 3. The van der Waals surface area contributed by atoms with Crippen LogP contribution < -0.4 is 5.73 Å². The summed E-state index contributed by atoms with van der Waals surface area (Å²) in [5.74, 6) is 1.95. The van der Waals surface area contributed by atoms with Crippen LogP contribution in [-0.2, 0) is 18.3 Å². The molecule has 0 aliphatic carbocycles. The van der Waals surface area contributed by atoms with E-state index in [0.717, 1.165) is 31.6 Å². The van der Waals surface area contributed by atoms with Crippen LogP contribution >= 0.6 is 0 Å². The Morgan fingerprint density at radius 3 is 2.74 bits per heavy atom. The number of ketones is 1. The largest absolute Gasteiger partial charge is 0.338 e. The van der Waals surface area contributed by atoms with Gasteiger partial charge in [0, 0.05) is 38.7 Å². The second-order valence-corrected chi connectivity index (χ2v) is 5.26. The zero-order chi connectivity index (χ0) is 14.1. The topological polar surface area (TPSA) is 60.9 Å². The molecule has 0 aliphatic rings. The average Bonchev–Trinajstić information content (AvgIpc) is 2.79. The van der Waals surface area contributed by atoms with E-state index < -0.39 is 0 Å². The van der Waals surface area contributed by atoms with Gasteiger partial charge in [-0.1, -0.05) is 19.8 Å². The van der Waals surface area contributed by atoms with E-state index in [1.807, 2.05) is 17.8 Å². The zero-order valence-corrected chi connectivity index (χ0v) is 12.3. The van der Waals surface area contributed by atoms with Gasteiger partial charge < -0.3 is 10.3 Å². The smallest absolute Gasteiger partial charge is 0.133 e. The van der Waals surface area contributed by atoms with Gasteiger partial charge in [0.15, 0.2) is 0 Å². The number of rotatable bonds is 10. The van der Waals surface area contributed by atoms with Crippen LogP contribution in [-0.4, -0.2) is 21.9 Å². The van der Waals surface area contributed by atoms with Gasteiger partial charge in [-0.2, -0.15) is 0 Å². The summed E-state index contributed by atoms with van der Waals surface area (Å²) in [5, 5.41) is 0. The molecule has 4 nitrogen and oxygen atoms in total. The number of imidazole rings is 1. The summed E-state index contributed by atoms with van der Waals surface area (Å²) < 4.78 is 1.97. The van der Waals surface area contributed by atoms with Gasteiger partial charge in [0.25, 0.3) is 0 Å². The van der Waals surface area contributed by atoms with Gasteiger partial charge in [-0.15, -0.1) is 0 Å². The van der Waals surface area contributed by atoms with E-state index in [1.165, 1.54) is 12.8 Å². The summed E-state index contributed by atoms with van der Waals surface area (Å²) in [7, 11) is 1.96. The highest BCUT2D eigenvalue weighted by molar-refractivity contribution is 5.78. The summed E-state index contributed by atoms with van der Waals surface area (Å²) in [6.45, 7) is 2.92. The minimum absolute atomic E-state index is 0.348. The molecule has 0 aliphatic heterocycles. The summed E-state index contributed by atoms with van der Waals surface area (Å²) in [5.41, 5.74) is 5.61. The van der Waals surface area contributed by atoms with Crippen LogP contribution in [0, 0.1) is 5.92 Å². The Balaban J connectivity index is 2.25. The van der Waals surface area contributed by atoms with Gasteiger partial charge in [-0.05, 0) is 25.3 Å². The van der Waals surface area contributed by atoms with Crippen molar-refractivity contribution in [2.75, 3.05) is 6.54 Å². The average molecular weight is 265 g/mol. The molecule has 0 amide bonds. The monoisotopic (exact) mass is 265 g/mol. The molecule has 0 fully saturated rings. The molecular formula is C15H27N3O. The minimum atomic E-state index is 0.348. The lowest BCUT2D eigenvalue weighted by Gasteiger charge is -2.14. The SMILES string of the molecule is CCCC(CCN)CCC(=O)CCc1nccn1C. The molecule has 19 heavy (non-hydrogen) atoms. The van der Waals surface area contributed by atoms with Crippen molar-refractivity contribution in [2.24, 2.45) is 18.7 Å². The predicted molar refractivity (Wildman–Crippen MR) is 77.8 cm³/mol. The van der Waals surface area contributed by atoms with Crippen LogP contribution in [0.1, 0.15) is 51.3 Å². The highest BCUT2D eigenvalue weighted by atomic mass is 16.1. The van der Waals surface area contributed by atoms with Crippen molar-refractivity contribution in [2.45, 2.75) is 51.9 Å². The molecule has 2 N–H and O–H groups in total. The van der Waals surface area contributed by atoms with E-state index in [9.17, 15) is 4.79 Å². The van der Waals surface area contributed by atoms with Gasteiger partial charge in [0.1, 0.15) is 11.6 Å². The number of Topliss-reactive ketones (excluding diaryl/α,β-unsaturated/α-hetero) is 1. The Morgan fingerprint density at radius 1 is 1.37 bits per heavy atom. The van der Waals surface area contributed by atoms with Crippen molar-refractivity contribution in [3.8, 4) is 0 Å². The molecule has 1 aromatic rings. The molecule has 1 unspecified atom stereocenters. The minimum Gasteiger partial charge on any atom is -0.338 e. The normalized spacial score (nSPS) is 12.6. The van der Waals surface area contributed by atoms with Crippen molar-refractivity contribution in [3.05, 3.63) is 18.2 Å². The number of nitrogens with zero attached hydrogens (tertiary/aromatic N) is 2. The number of hydrogen-bond donors (Lipinski definition) is 1. The Morgan fingerprint density at radius 2 is 2.16 bits per heavy atom. The summed E-state index contributed by atoms with van der Waals surface area (Å²) in [4.78, 5) is 16.1. The van der Waals surface area contributed by atoms with Crippen LogP contribution in [0.15, 0.2) is 12.4 Å². The van der Waals surface area contributed by atoms with E-state index >= 15 is 0 Å². The summed E-state index contributed by atoms with van der Waals surface area (Å²) in [6.07, 6.45) is 10.1. The molecule has 0 spiro atoms. The van der Waals surface area contributed by atoms with E-state index in [-0.39, 0.29) is 0 Å². The van der Waals surface area contributed by atoms with E-state index in [2.05, 4.69) is 11.9 Å². The quantitative estimate of drug-likeness (QED) is 0.707. The standard InChI is InChI=1S/C15H27N3O/c1-3-4-13(9-10-16)5-6-14(19)7-8-15-17-11-12-18(15)2/h11-13H,3-10,16H2,1-2H3. The van der Waals surface area contributed by atoms with Gasteiger partial charge >= 0.3 is 0 Å². The molecule has 0 aromatic carbocycles. The third-order valence-corrected chi connectivity index (χ3v) is 3.65. The van der Waals surface area contributed by atoms with Crippen molar-refractivity contribution in [3.63, 3.8) is 0 Å². The third-order valence-electron chi connectivity index (χ3n) is 3.65. The maximum Gasteiger partial charge on any atom is 0.133 e. The Bertz CT molecular complexity index is 367. The first-order valence-corrected chi connectivity index (χ1v) is 7.35. The molecule has 0 saturated heterocycles. The van der Waals surface area contributed by atoms with Gasteiger partial charge in [0.05, 0.1) is 0 Å². The second kappa shape index (κ2) is 8.86. The van der Waals surface area contributed by atoms with E-state index in [4.69, 9.17) is 5.73 Å². The lowest BCUT2D eigenvalue weighted by molar-refractivity contribution is -0.119. The molecule has 1 aromatic heterocycles. The van der Waals surface area contributed by atoms with Crippen LogP contribution in [0.3, 0.4) is 0 Å². The lowest BCUT2D eigenvalue weighted by atomic mass is 9.93. The fourth-order valence-corrected chi connectivity index (χ4v) is 2.46. The first kappa shape index (κ1) is 15.9. The summed E-state index contributed by atoms with van der Waals surface area (Å²) >= 11 is 0. The van der Waals surface area contributed by atoms with Gasteiger partial charge in [-0.3, -0.25) is 4.79 Å². The number of carbonyl (C=O) groups is 1. The predicted octanol–water partition coefficient (Wildman–Crippen LogP) is 2.47. The lowest BCUT2D eigenvalue weighted by Crippen LogP contribution is -2.11. The van der Waals surface area contributed by atoms with Crippen LogP contribution in [0.2, 0.25) is 0 Å². The van der Waals surface area contributed by atoms with Crippen LogP contribution in [0.4, 0.5) is 0 Å². The molecule has 108 valence electrons. The zero-order valence-electron chi connectivity index (χ0n) is 12.3. The highest BCUT2D eigenvalue weighted by Gasteiger charge is 2.11. The first-order chi connectivity index (χ1) is 9.17. The van der Waals surface area contributed by atoms with Crippen molar-refractivity contribution in [1.82, 2.24) is 9.55 Å². The summed E-state index contributed by atoms with van der Waals surface area (Å²) in [6, 6.07) is 0. The number of aromatic nitrogens is 2. The Labute approximate surface area is 116 Å². The van der Waals surface area contributed by atoms with E-state index in [0.29, 0.717) is 24.5 Å². The Kier molecular flexibility index (Phi) is 7.41. The molecule has 0 bridgehead atoms. The van der Waals surface area contributed by atoms with Crippen LogP contribution in [0.5, 0.6) is 0 Å². The first-order valence-electron chi connectivity index (χ1n) is 7.35. The van der Waals surface area contributed by atoms with Gasteiger partial charge in [0.2, 0.25) is 0 Å². The molecule has 1 rings (SSSR count). The Hall–Kier alpha value is -1.16. The van der Waals surface area contributed by atoms with Crippen LogP contribution in [0.25, 0.3) is 0 Å².